The Labute approximate surface area is 109 Å². The van der Waals surface area contributed by atoms with E-state index in [0.29, 0.717) is 25.2 Å². The summed E-state index contributed by atoms with van der Waals surface area (Å²) in [4.78, 5) is 21.4. The summed E-state index contributed by atoms with van der Waals surface area (Å²) in [5.41, 5.74) is 0.692. The van der Waals surface area contributed by atoms with Crippen LogP contribution in [0.2, 0.25) is 0 Å². The third-order valence-electron chi connectivity index (χ3n) is 2.92. The fourth-order valence-corrected chi connectivity index (χ4v) is 2.03. The zero-order valence-corrected chi connectivity index (χ0v) is 10.3. The molecule has 0 atom stereocenters. The van der Waals surface area contributed by atoms with Crippen LogP contribution in [0, 0.1) is 15.0 Å². The molecule has 19 heavy (non-hydrogen) atoms. The second-order valence-corrected chi connectivity index (χ2v) is 3.92. The van der Waals surface area contributed by atoms with Crippen molar-refractivity contribution < 1.29 is 14.4 Å². The molecular formula is C12H12N2O5. The van der Waals surface area contributed by atoms with Gasteiger partial charge in [0.05, 0.1) is 25.2 Å². The van der Waals surface area contributed by atoms with E-state index in [2.05, 4.69) is 5.18 Å². The molecule has 0 saturated heterocycles. The van der Waals surface area contributed by atoms with E-state index in [4.69, 9.17) is 9.47 Å². The molecule has 7 nitrogen and oxygen atoms in total. The molecule has 1 aliphatic heterocycles. The van der Waals surface area contributed by atoms with E-state index in [0.717, 1.165) is 5.57 Å². The van der Waals surface area contributed by atoms with Gasteiger partial charge in [-0.15, -0.1) is 4.91 Å². The summed E-state index contributed by atoms with van der Waals surface area (Å²) in [7, 11) is 1.31. The normalized spacial score (nSPS) is 14.7. The summed E-state index contributed by atoms with van der Waals surface area (Å²) < 4.78 is 10.1. The Morgan fingerprint density at radius 3 is 2.79 bits per heavy atom. The van der Waals surface area contributed by atoms with Crippen molar-refractivity contribution in [1.82, 2.24) is 0 Å². The molecule has 1 aromatic rings. The van der Waals surface area contributed by atoms with Gasteiger partial charge in [-0.3, -0.25) is 10.1 Å². The molecule has 2 rings (SSSR count). The predicted molar refractivity (Wildman–Crippen MR) is 68.5 cm³/mol. The smallest absolute Gasteiger partial charge is 0.340 e. The van der Waals surface area contributed by atoms with Crippen molar-refractivity contribution in [2.75, 3.05) is 20.3 Å². The first-order valence-electron chi connectivity index (χ1n) is 5.65. The van der Waals surface area contributed by atoms with E-state index in [1.54, 1.807) is 12.1 Å². The molecule has 0 fully saturated rings. The fourth-order valence-electron chi connectivity index (χ4n) is 2.03. The predicted octanol–water partition coefficient (Wildman–Crippen LogP) is 2.81. The van der Waals surface area contributed by atoms with Crippen molar-refractivity contribution in [3.8, 4) is 5.75 Å². The van der Waals surface area contributed by atoms with Crippen LogP contribution in [0.3, 0.4) is 0 Å². The van der Waals surface area contributed by atoms with Crippen molar-refractivity contribution in [3.05, 3.63) is 38.8 Å². The monoisotopic (exact) mass is 264 g/mol. The quantitative estimate of drug-likeness (QED) is 0.473. The highest BCUT2D eigenvalue weighted by Crippen LogP contribution is 2.43. The SMILES string of the molecule is COc1ccc(C2=CCOCC2)c(N=O)c1[N+](=O)[O-]. The highest BCUT2D eigenvalue weighted by molar-refractivity contribution is 5.83. The topological polar surface area (TPSA) is 91.0 Å². The van der Waals surface area contributed by atoms with Gasteiger partial charge in [0, 0.05) is 5.56 Å². The number of nitroso groups, excluding NO2 is 1. The summed E-state index contributed by atoms with van der Waals surface area (Å²) >= 11 is 0. The first-order valence-corrected chi connectivity index (χ1v) is 5.65. The molecular weight excluding hydrogens is 252 g/mol. The number of rotatable bonds is 4. The largest absolute Gasteiger partial charge is 0.490 e. The number of nitrogens with zero attached hydrogens (tertiary/aromatic N) is 2. The second-order valence-electron chi connectivity index (χ2n) is 3.92. The maximum Gasteiger partial charge on any atom is 0.340 e. The number of hydrogen-bond acceptors (Lipinski definition) is 6. The highest BCUT2D eigenvalue weighted by atomic mass is 16.6. The maximum absolute atomic E-state index is 11.1. The minimum atomic E-state index is -0.654. The molecule has 1 aromatic carbocycles. The first kappa shape index (κ1) is 13.2. The molecule has 0 aromatic heterocycles. The molecule has 0 N–H and O–H groups in total. The van der Waals surface area contributed by atoms with Crippen LogP contribution < -0.4 is 4.74 Å². The Morgan fingerprint density at radius 1 is 1.47 bits per heavy atom. The van der Waals surface area contributed by atoms with Gasteiger partial charge in [0.15, 0.2) is 11.4 Å². The van der Waals surface area contributed by atoms with Crippen LogP contribution in [-0.4, -0.2) is 25.2 Å². The molecule has 1 aliphatic rings. The first-order chi connectivity index (χ1) is 9.19. The summed E-state index contributed by atoms with van der Waals surface area (Å²) in [6.45, 7) is 0.942. The van der Waals surface area contributed by atoms with Gasteiger partial charge < -0.3 is 9.47 Å². The number of ether oxygens (including phenoxy) is 2. The van der Waals surface area contributed by atoms with E-state index in [-0.39, 0.29) is 11.4 Å². The van der Waals surface area contributed by atoms with Crippen molar-refractivity contribution in [2.45, 2.75) is 6.42 Å². The molecule has 7 heteroatoms. The van der Waals surface area contributed by atoms with Crippen molar-refractivity contribution >= 4 is 16.9 Å². The number of benzene rings is 1. The number of methoxy groups -OCH3 is 1. The van der Waals surface area contributed by atoms with Crippen molar-refractivity contribution in [1.29, 1.82) is 0 Å². The number of hydrogen-bond donors (Lipinski definition) is 0. The van der Waals surface area contributed by atoms with E-state index >= 15 is 0 Å². The summed E-state index contributed by atoms with van der Waals surface area (Å²) in [5.74, 6) is 0.0241. The van der Waals surface area contributed by atoms with Crippen molar-refractivity contribution in [3.63, 3.8) is 0 Å². The number of nitro groups is 1. The van der Waals surface area contributed by atoms with Gasteiger partial charge in [0.1, 0.15) is 0 Å². The van der Waals surface area contributed by atoms with E-state index in [1.165, 1.54) is 13.2 Å². The standard InChI is InChI=1S/C12H12N2O5/c1-18-10-3-2-9(8-4-6-19-7-5-8)11(13-15)12(10)14(16)17/h2-4H,5-7H2,1H3. The minimum absolute atomic E-state index is 0.0241. The molecule has 0 bridgehead atoms. The van der Waals surface area contributed by atoms with Gasteiger partial charge in [0.2, 0.25) is 0 Å². The second kappa shape index (κ2) is 5.57. The lowest BCUT2D eigenvalue weighted by Crippen LogP contribution is -2.05. The summed E-state index contributed by atoms with van der Waals surface area (Å²) in [6, 6.07) is 3.08. The van der Waals surface area contributed by atoms with Crippen LogP contribution in [0.15, 0.2) is 23.4 Å². The van der Waals surface area contributed by atoms with Gasteiger partial charge >= 0.3 is 5.69 Å². The maximum atomic E-state index is 11.1. The molecule has 0 aliphatic carbocycles. The van der Waals surface area contributed by atoms with Gasteiger partial charge in [0.25, 0.3) is 0 Å². The lowest BCUT2D eigenvalue weighted by Gasteiger charge is -2.15. The summed E-state index contributed by atoms with van der Waals surface area (Å²) in [5, 5.41) is 13.9. The van der Waals surface area contributed by atoms with Gasteiger partial charge in [-0.2, -0.15) is 0 Å². The zero-order chi connectivity index (χ0) is 13.8. The number of nitro benzene ring substituents is 1. The van der Waals surface area contributed by atoms with Crippen LogP contribution in [-0.2, 0) is 4.74 Å². The summed E-state index contributed by atoms with van der Waals surface area (Å²) in [6.07, 6.45) is 2.38. The zero-order valence-electron chi connectivity index (χ0n) is 10.3. The lowest BCUT2D eigenvalue weighted by molar-refractivity contribution is -0.385. The molecule has 0 amide bonds. The highest BCUT2D eigenvalue weighted by Gasteiger charge is 2.26. The third-order valence-corrected chi connectivity index (χ3v) is 2.92. The Bertz CT molecular complexity index is 553. The van der Waals surface area contributed by atoms with E-state index in [1.807, 2.05) is 0 Å². The van der Waals surface area contributed by atoms with E-state index < -0.39 is 10.6 Å². The molecule has 0 radical (unpaired) electrons. The molecule has 1 heterocycles. The Kier molecular flexibility index (Phi) is 3.86. The van der Waals surface area contributed by atoms with E-state index in [9.17, 15) is 15.0 Å². The third kappa shape index (κ3) is 2.45. The van der Waals surface area contributed by atoms with Crippen LogP contribution in [0.5, 0.6) is 5.75 Å². The molecule has 0 spiro atoms. The van der Waals surface area contributed by atoms with Crippen molar-refractivity contribution in [2.24, 2.45) is 5.18 Å². The van der Waals surface area contributed by atoms with Crippen LogP contribution in [0.25, 0.3) is 5.57 Å². The Morgan fingerprint density at radius 2 is 2.26 bits per heavy atom. The average Bonchev–Trinajstić information content (AvgIpc) is 2.46. The lowest BCUT2D eigenvalue weighted by atomic mass is 9.98. The van der Waals surface area contributed by atoms with Crippen LogP contribution >= 0.6 is 0 Å². The van der Waals surface area contributed by atoms with Crippen LogP contribution in [0.1, 0.15) is 12.0 Å². The van der Waals surface area contributed by atoms with Gasteiger partial charge in [-0.05, 0) is 29.3 Å². The molecule has 0 unspecified atom stereocenters. The molecule has 0 saturated carbocycles. The average molecular weight is 264 g/mol. The Hall–Kier alpha value is -2.28. The minimum Gasteiger partial charge on any atom is -0.490 e. The Balaban J connectivity index is 2.62. The fraction of sp³-hybridized carbons (Fsp3) is 0.333. The van der Waals surface area contributed by atoms with Crippen LogP contribution in [0.4, 0.5) is 11.4 Å². The van der Waals surface area contributed by atoms with Gasteiger partial charge in [-0.1, -0.05) is 6.08 Å². The van der Waals surface area contributed by atoms with Gasteiger partial charge in [-0.25, -0.2) is 0 Å². The molecule has 100 valence electrons.